The zero-order valence-electron chi connectivity index (χ0n) is 9.48. The average molecular weight is 239 g/mol. The molecule has 1 aromatic heterocycles. The number of aliphatic hydroxyl groups excluding tert-OH is 1. The van der Waals surface area contributed by atoms with E-state index < -0.39 is 17.8 Å². The number of hydrogen-bond acceptors (Lipinski definition) is 4. The molecule has 1 amide bonds. The molecule has 1 saturated heterocycles. The van der Waals surface area contributed by atoms with Crippen LogP contribution in [0.5, 0.6) is 0 Å². The fourth-order valence-electron chi connectivity index (χ4n) is 1.88. The first kappa shape index (κ1) is 11.8. The highest BCUT2D eigenvalue weighted by Crippen LogP contribution is 2.19. The predicted octanol–water partition coefficient (Wildman–Crippen LogP) is 0.469. The summed E-state index contributed by atoms with van der Waals surface area (Å²) in [6.45, 7) is 0.714. The maximum atomic E-state index is 13.8. The van der Waals surface area contributed by atoms with Gasteiger partial charge in [0.2, 0.25) is 0 Å². The summed E-state index contributed by atoms with van der Waals surface area (Å²) < 4.78 is 13.8. The van der Waals surface area contributed by atoms with Gasteiger partial charge in [-0.15, -0.1) is 0 Å². The van der Waals surface area contributed by atoms with Crippen LogP contribution in [0.4, 0.5) is 10.2 Å². The smallest absolute Gasteiger partial charge is 0.257 e. The molecule has 6 heteroatoms. The van der Waals surface area contributed by atoms with Gasteiger partial charge >= 0.3 is 0 Å². The van der Waals surface area contributed by atoms with E-state index in [1.165, 1.54) is 17.2 Å². The van der Waals surface area contributed by atoms with Crippen LogP contribution in [-0.2, 0) is 0 Å². The van der Waals surface area contributed by atoms with Crippen LogP contribution in [0.2, 0.25) is 0 Å². The molecule has 1 aliphatic heterocycles. The first-order valence-corrected chi connectivity index (χ1v) is 5.43. The number of amides is 1. The number of aromatic nitrogens is 1. The molecule has 0 bridgehead atoms. The summed E-state index contributed by atoms with van der Waals surface area (Å²) in [7, 11) is 1.54. The second-order valence-electron chi connectivity index (χ2n) is 3.96. The Bertz CT molecular complexity index is 439. The Morgan fingerprint density at radius 3 is 3.06 bits per heavy atom. The molecule has 5 nitrogen and oxygen atoms in total. The van der Waals surface area contributed by atoms with Crippen LogP contribution in [0.3, 0.4) is 0 Å². The van der Waals surface area contributed by atoms with Crippen molar-refractivity contribution in [2.45, 2.75) is 12.5 Å². The Hall–Kier alpha value is -1.69. The first-order chi connectivity index (χ1) is 8.13. The van der Waals surface area contributed by atoms with Crippen molar-refractivity contribution in [2.75, 3.05) is 25.5 Å². The van der Waals surface area contributed by atoms with Crippen LogP contribution < -0.4 is 5.32 Å². The Kier molecular flexibility index (Phi) is 3.23. The molecular formula is C11H14FN3O2. The summed E-state index contributed by atoms with van der Waals surface area (Å²) in [5.41, 5.74) is -0.0153. The third kappa shape index (κ3) is 2.21. The van der Waals surface area contributed by atoms with Gasteiger partial charge in [0.25, 0.3) is 5.91 Å². The van der Waals surface area contributed by atoms with Crippen molar-refractivity contribution in [1.29, 1.82) is 0 Å². The number of anilines is 1. The van der Waals surface area contributed by atoms with Crippen LogP contribution in [0.1, 0.15) is 16.8 Å². The number of carbonyl (C=O) groups is 1. The number of rotatable bonds is 2. The van der Waals surface area contributed by atoms with Crippen molar-refractivity contribution in [3.8, 4) is 0 Å². The Labute approximate surface area is 98.3 Å². The van der Waals surface area contributed by atoms with Gasteiger partial charge in [-0.3, -0.25) is 4.79 Å². The number of hydrogen-bond donors (Lipinski definition) is 2. The maximum Gasteiger partial charge on any atom is 0.257 e. The number of aliphatic hydroxyl groups is 1. The van der Waals surface area contributed by atoms with E-state index in [4.69, 9.17) is 0 Å². The lowest BCUT2D eigenvalue weighted by molar-refractivity contribution is 0.0760. The van der Waals surface area contributed by atoms with E-state index in [9.17, 15) is 14.3 Å². The third-order valence-corrected chi connectivity index (χ3v) is 2.81. The largest absolute Gasteiger partial charge is 0.391 e. The lowest BCUT2D eigenvalue weighted by atomic mass is 10.2. The molecule has 2 N–H and O–H groups in total. The van der Waals surface area contributed by atoms with Crippen LogP contribution in [0.15, 0.2) is 12.3 Å². The monoisotopic (exact) mass is 239 g/mol. The zero-order chi connectivity index (χ0) is 12.4. The lowest BCUT2D eigenvalue weighted by Crippen LogP contribution is -2.30. The van der Waals surface area contributed by atoms with Gasteiger partial charge in [0.1, 0.15) is 0 Å². The topological polar surface area (TPSA) is 65.5 Å². The summed E-state index contributed by atoms with van der Waals surface area (Å²) in [5, 5.41) is 11.9. The van der Waals surface area contributed by atoms with Gasteiger partial charge in [0, 0.05) is 26.3 Å². The van der Waals surface area contributed by atoms with Gasteiger partial charge in [-0.1, -0.05) is 0 Å². The number of nitrogens with zero attached hydrogens (tertiary/aromatic N) is 2. The average Bonchev–Trinajstić information content (AvgIpc) is 2.75. The number of likely N-dealkylation sites (tertiary alicyclic amines) is 1. The van der Waals surface area contributed by atoms with Gasteiger partial charge in [-0.25, -0.2) is 9.37 Å². The molecule has 0 spiro atoms. The van der Waals surface area contributed by atoms with Crippen molar-refractivity contribution < 1.29 is 14.3 Å². The van der Waals surface area contributed by atoms with Crippen molar-refractivity contribution >= 4 is 11.7 Å². The van der Waals surface area contributed by atoms with Gasteiger partial charge < -0.3 is 15.3 Å². The van der Waals surface area contributed by atoms with Crippen molar-refractivity contribution in [3.05, 3.63) is 23.6 Å². The van der Waals surface area contributed by atoms with Gasteiger partial charge in [-0.05, 0) is 12.5 Å². The van der Waals surface area contributed by atoms with E-state index in [2.05, 4.69) is 10.3 Å². The highest BCUT2D eigenvalue weighted by atomic mass is 19.1. The van der Waals surface area contributed by atoms with Crippen LogP contribution in [0.25, 0.3) is 0 Å². The van der Waals surface area contributed by atoms with Crippen LogP contribution in [0, 0.1) is 5.82 Å². The van der Waals surface area contributed by atoms with Crippen molar-refractivity contribution in [3.63, 3.8) is 0 Å². The quantitative estimate of drug-likeness (QED) is 0.787. The molecular weight excluding hydrogens is 225 g/mol. The summed E-state index contributed by atoms with van der Waals surface area (Å²) in [5.74, 6) is -1.00. The van der Waals surface area contributed by atoms with E-state index in [-0.39, 0.29) is 17.9 Å². The van der Waals surface area contributed by atoms with Crippen LogP contribution >= 0.6 is 0 Å². The zero-order valence-corrected chi connectivity index (χ0v) is 9.48. The molecule has 92 valence electrons. The molecule has 0 aliphatic carbocycles. The highest BCUT2D eigenvalue weighted by Gasteiger charge is 2.27. The minimum absolute atomic E-state index is 0.0153. The summed E-state index contributed by atoms with van der Waals surface area (Å²) in [6.07, 6.45) is 1.42. The Balaban J connectivity index is 2.25. The van der Waals surface area contributed by atoms with Gasteiger partial charge in [0.05, 0.1) is 11.7 Å². The fourth-order valence-corrected chi connectivity index (χ4v) is 1.88. The number of β-amino-alcohol motifs (C(OH)–C–C–N with tert-alkyl or cyclic N) is 1. The van der Waals surface area contributed by atoms with Crippen molar-refractivity contribution in [1.82, 2.24) is 9.88 Å². The Morgan fingerprint density at radius 1 is 1.71 bits per heavy atom. The highest BCUT2D eigenvalue weighted by molar-refractivity contribution is 5.95. The number of carbonyl (C=O) groups excluding carboxylic acids is 1. The van der Waals surface area contributed by atoms with E-state index >= 15 is 0 Å². The number of nitrogens with one attached hydrogen (secondary N) is 1. The fraction of sp³-hybridized carbons (Fsp3) is 0.455. The van der Waals surface area contributed by atoms with Crippen LogP contribution in [-0.4, -0.2) is 47.1 Å². The molecule has 1 atom stereocenters. The van der Waals surface area contributed by atoms with Crippen molar-refractivity contribution in [2.24, 2.45) is 0 Å². The normalized spacial score (nSPS) is 19.5. The minimum Gasteiger partial charge on any atom is -0.391 e. The second kappa shape index (κ2) is 4.67. The summed E-state index contributed by atoms with van der Waals surface area (Å²) in [4.78, 5) is 17.2. The standard InChI is InChI=1S/C11H14FN3O2/c1-13-10-9(12)8(2-4-14-10)11(17)15-5-3-7(16)6-15/h2,4,7,16H,3,5-6H2,1H3,(H,13,14). The molecule has 2 heterocycles. The minimum atomic E-state index is -0.651. The SMILES string of the molecule is CNc1nccc(C(=O)N2CCC(O)C2)c1F. The molecule has 17 heavy (non-hydrogen) atoms. The molecule has 0 saturated carbocycles. The first-order valence-electron chi connectivity index (χ1n) is 5.43. The van der Waals surface area contributed by atoms with E-state index in [1.54, 1.807) is 7.05 Å². The molecule has 1 aromatic rings. The summed E-state index contributed by atoms with van der Waals surface area (Å²) >= 11 is 0. The number of pyridine rings is 1. The van der Waals surface area contributed by atoms with E-state index in [1.807, 2.05) is 0 Å². The van der Waals surface area contributed by atoms with E-state index in [0.29, 0.717) is 13.0 Å². The molecule has 2 rings (SSSR count). The maximum absolute atomic E-state index is 13.8. The predicted molar refractivity (Wildman–Crippen MR) is 60.3 cm³/mol. The summed E-state index contributed by atoms with van der Waals surface area (Å²) in [6, 6.07) is 1.35. The molecule has 1 fully saturated rings. The molecule has 1 aliphatic rings. The number of halogens is 1. The molecule has 0 aromatic carbocycles. The second-order valence-corrected chi connectivity index (χ2v) is 3.96. The van der Waals surface area contributed by atoms with Gasteiger partial charge in [0.15, 0.2) is 11.6 Å². The molecule has 1 unspecified atom stereocenters. The third-order valence-electron chi connectivity index (χ3n) is 2.81. The van der Waals surface area contributed by atoms with E-state index in [0.717, 1.165) is 0 Å². The van der Waals surface area contributed by atoms with Gasteiger partial charge in [-0.2, -0.15) is 0 Å². The molecule has 0 radical (unpaired) electrons. The Morgan fingerprint density at radius 2 is 2.47 bits per heavy atom. The lowest BCUT2D eigenvalue weighted by Gasteiger charge is -2.16.